The maximum atomic E-state index is 5.69. The maximum absolute atomic E-state index is 5.69. The second kappa shape index (κ2) is 4.45. The summed E-state index contributed by atoms with van der Waals surface area (Å²) in [5, 5.41) is 0. The van der Waals surface area contributed by atoms with Gasteiger partial charge in [-0.2, -0.15) is 0 Å². The Labute approximate surface area is 91.3 Å². The van der Waals surface area contributed by atoms with Crippen LogP contribution >= 0.6 is 11.3 Å². The molecule has 0 unspecified atom stereocenters. The molecule has 0 aliphatic carbocycles. The lowest BCUT2D eigenvalue weighted by atomic mass is 9.86. The average Bonchev–Trinajstić information content (AvgIpc) is 2.47. The topological polar surface area (TPSA) is 26.0 Å². The number of thiophene rings is 1. The van der Waals surface area contributed by atoms with E-state index in [1.807, 2.05) is 11.3 Å². The van der Waals surface area contributed by atoms with Gasteiger partial charge in [-0.25, -0.2) is 0 Å². The third kappa shape index (κ3) is 2.37. The van der Waals surface area contributed by atoms with Gasteiger partial charge < -0.3 is 5.73 Å². The summed E-state index contributed by atoms with van der Waals surface area (Å²) in [4.78, 5) is 2.82. The smallest absolute Gasteiger partial charge is 0.0276 e. The Balaban J connectivity index is 2.95. The second-order valence-corrected chi connectivity index (χ2v) is 5.69. The van der Waals surface area contributed by atoms with Crippen molar-refractivity contribution in [2.45, 2.75) is 52.5 Å². The fourth-order valence-corrected chi connectivity index (χ4v) is 2.99. The van der Waals surface area contributed by atoms with Gasteiger partial charge >= 0.3 is 0 Å². The van der Waals surface area contributed by atoms with Gasteiger partial charge in [-0.1, -0.05) is 27.2 Å². The van der Waals surface area contributed by atoms with Crippen molar-refractivity contribution in [3.05, 3.63) is 21.4 Å². The summed E-state index contributed by atoms with van der Waals surface area (Å²) >= 11 is 1.88. The standard InChI is InChI=1S/C12H21NS/c1-5-6-12(3,4)11-7-9(2)10(8-13)14-11/h7H,5-6,8,13H2,1-4H3. The molecule has 0 saturated heterocycles. The highest BCUT2D eigenvalue weighted by Crippen LogP contribution is 2.35. The molecule has 0 fully saturated rings. The summed E-state index contributed by atoms with van der Waals surface area (Å²) in [6, 6.07) is 2.31. The van der Waals surface area contributed by atoms with Crippen LogP contribution in [-0.2, 0) is 12.0 Å². The van der Waals surface area contributed by atoms with Gasteiger partial charge in [0.25, 0.3) is 0 Å². The van der Waals surface area contributed by atoms with E-state index in [0.29, 0.717) is 12.0 Å². The first kappa shape index (κ1) is 11.7. The van der Waals surface area contributed by atoms with Crippen molar-refractivity contribution in [3.63, 3.8) is 0 Å². The predicted octanol–water partition coefficient (Wildman–Crippen LogP) is 3.59. The molecule has 1 aromatic rings. The summed E-state index contributed by atoms with van der Waals surface area (Å²) in [5.41, 5.74) is 7.37. The Bertz CT molecular complexity index is 299. The van der Waals surface area contributed by atoms with E-state index in [4.69, 9.17) is 5.73 Å². The monoisotopic (exact) mass is 211 g/mol. The zero-order valence-corrected chi connectivity index (χ0v) is 10.5. The minimum absolute atomic E-state index is 0.317. The largest absolute Gasteiger partial charge is 0.326 e. The van der Waals surface area contributed by atoms with E-state index in [1.165, 1.54) is 28.2 Å². The van der Waals surface area contributed by atoms with Gasteiger partial charge in [-0.3, -0.25) is 0 Å². The van der Waals surface area contributed by atoms with E-state index >= 15 is 0 Å². The molecule has 14 heavy (non-hydrogen) atoms. The number of aryl methyl sites for hydroxylation is 1. The highest BCUT2D eigenvalue weighted by atomic mass is 32.1. The van der Waals surface area contributed by atoms with Crippen molar-refractivity contribution in [1.29, 1.82) is 0 Å². The lowest BCUT2D eigenvalue weighted by Gasteiger charge is -2.22. The average molecular weight is 211 g/mol. The molecule has 0 aliphatic rings. The van der Waals surface area contributed by atoms with Crippen LogP contribution in [0, 0.1) is 6.92 Å². The first-order valence-corrected chi connectivity index (χ1v) is 6.12. The fraction of sp³-hybridized carbons (Fsp3) is 0.667. The van der Waals surface area contributed by atoms with E-state index in [-0.39, 0.29) is 0 Å². The first-order chi connectivity index (χ1) is 6.51. The molecular formula is C12H21NS. The van der Waals surface area contributed by atoms with Gasteiger partial charge in [-0.15, -0.1) is 11.3 Å². The molecule has 0 aromatic carbocycles. The molecule has 0 atom stereocenters. The summed E-state index contributed by atoms with van der Waals surface area (Å²) < 4.78 is 0. The first-order valence-electron chi connectivity index (χ1n) is 5.31. The Morgan fingerprint density at radius 1 is 1.43 bits per heavy atom. The molecule has 1 heterocycles. The number of hydrogen-bond acceptors (Lipinski definition) is 2. The van der Waals surface area contributed by atoms with E-state index in [0.717, 1.165) is 0 Å². The van der Waals surface area contributed by atoms with Gasteiger partial charge in [0.15, 0.2) is 0 Å². The van der Waals surface area contributed by atoms with Gasteiger partial charge in [0.2, 0.25) is 0 Å². The minimum Gasteiger partial charge on any atom is -0.326 e. The Morgan fingerprint density at radius 2 is 2.07 bits per heavy atom. The molecular weight excluding hydrogens is 190 g/mol. The molecule has 1 nitrogen and oxygen atoms in total. The lowest BCUT2D eigenvalue weighted by molar-refractivity contribution is 0.482. The Hall–Kier alpha value is -0.340. The molecule has 0 spiro atoms. The van der Waals surface area contributed by atoms with E-state index in [1.54, 1.807) is 0 Å². The van der Waals surface area contributed by atoms with E-state index in [9.17, 15) is 0 Å². The highest BCUT2D eigenvalue weighted by Gasteiger charge is 2.22. The normalized spacial score (nSPS) is 12.1. The molecule has 0 amide bonds. The molecule has 0 aliphatic heterocycles. The molecule has 1 aromatic heterocycles. The van der Waals surface area contributed by atoms with E-state index in [2.05, 4.69) is 33.8 Å². The van der Waals surface area contributed by atoms with Crippen LogP contribution in [0.2, 0.25) is 0 Å². The summed E-state index contributed by atoms with van der Waals surface area (Å²) in [7, 11) is 0. The minimum atomic E-state index is 0.317. The summed E-state index contributed by atoms with van der Waals surface area (Å²) in [6.45, 7) is 9.72. The molecule has 0 saturated carbocycles. The van der Waals surface area contributed by atoms with Crippen molar-refractivity contribution in [3.8, 4) is 0 Å². The Kier molecular flexibility index (Phi) is 3.73. The maximum Gasteiger partial charge on any atom is 0.0276 e. The van der Waals surface area contributed by atoms with Crippen LogP contribution in [0.15, 0.2) is 6.07 Å². The van der Waals surface area contributed by atoms with Gasteiger partial charge in [0, 0.05) is 16.3 Å². The zero-order chi connectivity index (χ0) is 10.8. The van der Waals surface area contributed by atoms with Crippen LogP contribution in [-0.4, -0.2) is 0 Å². The molecule has 1 rings (SSSR count). The molecule has 2 heteroatoms. The number of hydrogen-bond donors (Lipinski definition) is 1. The molecule has 2 N–H and O–H groups in total. The fourth-order valence-electron chi connectivity index (χ4n) is 1.80. The van der Waals surface area contributed by atoms with Crippen LogP contribution in [0.5, 0.6) is 0 Å². The van der Waals surface area contributed by atoms with Crippen LogP contribution in [0.1, 0.15) is 48.9 Å². The Morgan fingerprint density at radius 3 is 2.50 bits per heavy atom. The van der Waals surface area contributed by atoms with Crippen LogP contribution in [0.3, 0.4) is 0 Å². The third-order valence-electron chi connectivity index (χ3n) is 2.75. The SMILES string of the molecule is CCCC(C)(C)c1cc(C)c(CN)s1. The molecule has 0 radical (unpaired) electrons. The van der Waals surface area contributed by atoms with Crippen molar-refractivity contribution < 1.29 is 0 Å². The summed E-state index contributed by atoms with van der Waals surface area (Å²) in [6.07, 6.45) is 2.48. The number of nitrogens with two attached hydrogens (primary N) is 1. The third-order valence-corrected chi connectivity index (χ3v) is 4.37. The van der Waals surface area contributed by atoms with Crippen LogP contribution in [0.25, 0.3) is 0 Å². The summed E-state index contributed by atoms with van der Waals surface area (Å²) in [5.74, 6) is 0. The zero-order valence-electron chi connectivity index (χ0n) is 9.68. The quantitative estimate of drug-likeness (QED) is 0.809. The van der Waals surface area contributed by atoms with Gasteiger partial charge in [0.1, 0.15) is 0 Å². The highest BCUT2D eigenvalue weighted by molar-refractivity contribution is 7.12. The predicted molar refractivity (Wildman–Crippen MR) is 64.9 cm³/mol. The van der Waals surface area contributed by atoms with Gasteiger partial charge in [-0.05, 0) is 30.4 Å². The molecule has 80 valence electrons. The molecule has 0 bridgehead atoms. The van der Waals surface area contributed by atoms with Crippen LogP contribution < -0.4 is 5.73 Å². The van der Waals surface area contributed by atoms with E-state index < -0.39 is 0 Å². The van der Waals surface area contributed by atoms with Crippen molar-refractivity contribution >= 4 is 11.3 Å². The lowest BCUT2D eigenvalue weighted by Crippen LogP contribution is -2.14. The van der Waals surface area contributed by atoms with Crippen molar-refractivity contribution in [2.75, 3.05) is 0 Å². The van der Waals surface area contributed by atoms with Crippen LogP contribution in [0.4, 0.5) is 0 Å². The van der Waals surface area contributed by atoms with Crippen molar-refractivity contribution in [2.24, 2.45) is 5.73 Å². The second-order valence-electron chi connectivity index (χ2n) is 4.55. The van der Waals surface area contributed by atoms with Gasteiger partial charge in [0.05, 0.1) is 0 Å². The van der Waals surface area contributed by atoms with Crippen molar-refractivity contribution in [1.82, 2.24) is 0 Å². The number of rotatable bonds is 4.